The average Bonchev–Trinajstić information content (AvgIpc) is 2.41. The van der Waals surface area contributed by atoms with Crippen molar-refractivity contribution in [3.05, 3.63) is 33.8 Å². The predicted molar refractivity (Wildman–Crippen MR) is 79.4 cm³/mol. The minimum absolute atomic E-state index is 0.338. The van der Waals surface area contributed by atoms with Gasteiger partial charge in [0.1, 0.15) is 0 Å². The van der Waals surface area contributed by atoms with Crippen LogP contribution in [0.1, 0.15) is 25.3 Å². The second-order valence-electron chi connectivity index (χ2n) is 4.92. The van der Waals surface area contributed by atoms with Crippen LogP contribution >= 0.6 is 23.2 Å². The van der Waals surface area contributed by atoms with Gasteiger partial charge in [-0.2, -0.15) is 0 Å². The number of hydrogen-bond donors (Lipinski definition) is 1. The number of rotatable bonds is 3. The SMILES string of the molecule is CCC1CN(Cc2ccc(Cl)cc2Cl)CC/C1=N\O. The van der Waals surface area contributed by atoms with Gasteiger partial charge < -0.3 is 5.21 Å². The van der Waals surface area contributed by atoms with Gasteiger partial charge in [0.15, 0.2) is 0 Å². The van der Waals surface area contributed by atoms with Gasteiger partial charge in [-0.3, -0.25) is 4.90 Å². The zero-order chi connectivity index (χ0) is 13.8. The van der Waals surface area contributed by atoms with E-state index in [0.717, 1.165) is 43.8 Å². The number of halogens is 2. The lowest BCUT2D eigenvalue weighted by atomic mass is 9.93. The molecular weight excluding hydrogens is 283 g/mol. The van der Waals surface area contributed by atoms with Gasteiger partial charge in [0.2, 0.25) is 0 Å². The van der Waals surface area contributed by atoms with Crippen LogP contribution in [0.15, 0.2) is 23.4 Å². The van der Waals surface area contributed by atoms with Crippen LogP contribution in [0.3, 0.4) is 0 Å². The molecule has 1 aliphatic heterocycles. The highest BCUT2D eigenvalue weighted by molar-refractivity contribution is 6.35. The smallest absolute Gasteiger partial charge is 0.0627 e. The van der Waals surface area contributed by atoms with E-state index in [-0.39, 0.29) is 0 Å². The van der Waals surface area contributed by atoms with E-state index >= 15 is 0 Å². The molecule has 3 nitrogen and oxygen atoms in total. The average molecular weight is 301 g/mol. The molecule has 104 valence electrons. The van der Waals surface area contributed by atoms with Crippen molar-refractivity contribution in [2.24, 2.45) is 11.1 Å². The van der Waals surface area contributed by atoms with Crippen molar-refractivity contribution in [1.29, 1.82) is 0 Å². The lowest BCUT2D eigenvalue weighted by Gasteiger charge is -2.33. The fourth-order valence-electron chi connectivity index (χ4n) is 2.52. The molecule has 19 heavy (non-hydrogen) atoms. The maximum Gasteiger partial charge on any atom is 0.0627 e. The molecule has 0 bridgehead atoms. The lowest BCUT2D eigenvalue weighted by Crippen LogP contribution is -2.40. The number of nitrogens with zero attached hydrogens (tertiary/aromatic N) is 2. The van der Waals surface area contributed by atoms with Gasteiger partial charge in [-0.25, -0.2) is 0 Å². The molecule has 0 radical (unpaired) electrons. The molecule has 2 rings (SSSR count). The molecule has 1 aliphatic rings. The summed E-state index contributed by atoms with van der Waals surface area (Å²) in [7, 11) is 0. The van der Waals surface area contributed by atoms with Crippen molar-refractivity contribution in [2.45, 2.75) is 26.3 Å². The molecule has 1 unspecified atom stereocenters. The molecule has 1 aromatic carbocycles. The van der Waals surface area contributed by atoms with Crippen LogP contribution in [-0.2, 0) is 6.54 Å². The Bertz CT molecular complexity index is 477. The Hall–Kier alpha value is -0.770. The summed E-state index contributed by atoms with van der Waals surface area (Å²) >= 11 is 12.1. The number of oxime groups is 1. The van der Waals surface area contributed by atoms with Crippen molar-refractivity contribution < 1.29 is 5.21 Å². The minimum Gasteiger partial charge on any atom is -0.411 e. The van der Waals surface area contributed by atoms with Crippen LogP contribution in [0, 0.1) is 5.92 Å². The summed E-state index contributed by atoms with van der Waals surface area (Å²) < 4.78 is 0. The van der Waals surface area contributed by atoms with Crippen LogP contribution in [0.5, 0.6) is 0 Å². The summed E-state index contributed by atoms with van der Waals surface area (Å²) in [5, 5.41) is 13.8. The quantitative estimate of drug-likeness (QED) is 0.675. The van der Waals surface area contributed by atoms with Gasteiger partial charge in [0, 0.05) is 42.0 Å². The molecule has 1 saturated heterocycles. The molecule has 1 heterocycles. The second kappa shape index (κ2) is 6.60. The van der Waals surface area contributed by atoms with E-state index in [9.17, 15) is 0 Å². The first kappa shape index (κ1) is 14.6. The molecule has 1 aromatic rings. The Morgan fingerprint density at radius 1 is 1.42 bits per heavy atom. The van der Waals surface area contributed by atoms with Gasteiger partial charge in [-0.05, 0) is 24.1 Å². The third kappa shape index (κ3) is 3.62. The largest absolute Gasteiger partial charge is 0.411 e. The highest BCUT2D eigenvalue weighted by Gasteiger charge is 2.25. The van der Waals surface area contributed by atoms with E-state index in [4.69, 9.17) is 28.4 Å². The van der Waals surface area contributed by atoms with Crippen molar-refractivity contribution in [3.63, 3.8) is 0 Å². The van der Waals surface area contributed by atoms with Crippen LogP contribution < -0.4 is 0 Å². The van der Waals surface area contributed by atoms with Gasteiger partial charge in [-0.1, -0.05) is 41.3 Å². The van der Waals surface area contributed by atoms with E-state index in [0.29, 0.717) is 16.0 Å². The Kier molecular flexibility index (Phi) is 5.08. The first-order valence-electron chi connectivity index (χ1n) is 6.51. The van der Waals surface area contributed by atoms with Crippen LogP contribution in [0.4, 0.5) is 0 Å². The van der Waals surface area contributed by atoms with Gasteiger partial charge in [0.25, 0.3) is 0 Å². The van der Waals surface area contributed by atoms with Crippen molar-refractivity contribution in [3.8, 4) is 0 Å². The first-order chi connectivity index (χ1) is 9.13. The third-order valence-electron chi connectivity index (χ3n) is 3.66. The molecular formula is C14H18Cl2N2O. The second-order valence-corrected chi connectivity index (χ2v) is 5.76. The summed E-state index contributed by atoms with van der Waals surface area (Å²) in [5.74, 6) is 0.338. The van der Waals surface area contributed by atoms with Gasteiger partial charge >= 0.3 is 0 Å². The topological polar surface area (TPSA) is 35.8 Å². The predicted octanol–water partition coefficient (Wildman–Crippen LogP) is 4.06. The number of likely N-dealkylation sites (tertiary alicyclic amines) is 1. The summed E-state index contributed by atoms with van der Waals surface area (Å²) in [6.45, 7) is 4.74. The molecule has 0 aliphatic carbocycles. The maximum absolute atomic E-state index is 8.98. The molecule has 1 atom stereocenters. The Labute approximate surface area is 123 Å². The minimum atomic E-state index is 0.338. The highest BCUT2D eigenvalue weighted by Crippen LogP contribution is 2.25. The normalized spacial score (nSPS) is 22.9. The number of hydrogen-bond acceptors (Lipinski definition) is 3. The molecule has 5 heteroatoms. The highest BCUT2D eigenvalue weighted by atomic mass is 35.5. The molecule has 0 amide bonds. The standard InChI is InChI=1S/C14H18Cl2N2O/c1-2-10-8-18(6-5-14(10)17-19)9-11-3-4-12(15)7-13(11)16/h3-4,7,10,19H,2,5-6,8-9H2,1H3/b17-14+. The van der Waals surface area contributed by atoms with E-state index < -0.39 is 0 Å². The monoisotopic (exact) mass is 300 g/mol. The zero-order valence-electron chi connectivity index (χ0n) is 10.9. The van der Waals surface area contributed by atoms with Gasteiger partial charge in [-0.15, -0.1) is 0 Å². The van der Waals surface area contributed by atoms with Crippen LogP contribution in [0.25, 0.3) is 0 Å². The Balaban J connectivity index is 2.04. The summed E-state index contributed by atoms with van der Waals surface area (Å²) in [5.41, 5.74) is 2.01. The summed E-state index contributed by atoms with van der Waals surface area (Å²) in [4.78, 5) is 2.35. The summed E-state index contributed by atoms with van der Waals surface area (Å²) in [6, 6.07) is 5.62. The van der Waals surface area contributed by atoms with E-state index in [1.807, 2.05) is 12.1 Å². The maximum atomic E-state index is 8.98. The molecule has 0 saturated carbocycles. The fraction of sp³-hybridized carbons (Fsp3) is 0.500. The van der Waals surface area contributed by atoms with Crippen molar-refractivity contribution >= 4 is 28.9 Å². The molecule has 1 N–H and O–H groups in total. The van der Waals surface area contributed by atoms with Crippen LogP contribution in [0.2, 0.25) is 10.0 Å². The number of benzene rings is 1. The molecule has 0 spiro atoms. The number of piperidine rings is 1. The third-order valence-corrected chi connectivity index (χ3v) is 4.25. The van der Waals surface area contributed by atoms with Gasteiger partial charge in [0.05, 0.1) is 5.71 Å². The Morgan fingerprint density at radius 3 is 2.84 bits per heavy atom. The Morgan fingerprint density at radius 2 is 2.21 bits per heavy atom. The zero-order valence-corrected chi connectivity index (χ0v) is 12.5. The van der Waals surface area contributed by atoms with E-state index in [2.05, 4.69) is 17.0 Å². The van der Waals surface area contributed by atoms with E-state index in [1.54, 1.807) is 6.07 Å². The van der Waals surface area contributed by atoms with E-state index in [1.165, 1.54) is 0 Å². The van der Waals surface area contributed by atoms with Crippen molar-refractivity contribution in [1.82, 2.24) is 4.90 Å². The lowest BCUT2D eigenvalue weighted by molar-refractivity contribution is 0.220. The molecule has 0 aromatic heterocycles. The van der Waals surface area contributed by atoms with Crippen LogP contribution in [-0.4, -0.2) is 28.9 Å². The summed E-state index contributed by atoms with van der Waals surface area (Å²) in [6.07, 6.45) is 1.81. The molecule has 1 fully saturated rings. The first-order valence-corrected chi connectivity index (χ1v) is 7.26. The fourth-order valence-corrected chi connectivity index (χ4v) is 2.98. The van der Waals surface area contributed by atoms with Crippen molar-refractivity contribution in [2.75, 3.05) is 13.1 Å².